The van der Waals surface area contributed by atoms with E-state index in [0.29, 0.717) is 0 Å². The predicted octanol–water partition coefficient (Wildman–Crippen LogP) is 4.40. The first kappa shape index (κ1) is 12.1. The molecule has 0 saturated carbocycles. The lowest BCUT2D eigenvalue weighted by atomic mass is 10.2. The second-order valence-electron chi connectivity index (χ2n) is 4.40. The van der Waals surface area contributed by atoms with Gasteiger partial charge in [-0.15, -0.1) is 0 Å². The fourth-order valence-electron chi connectivity index (χ4n) is 1.93. The van der Waals surface area contributed by atoms with Crippen LogP contribution >= 0.6 is 11.8 Å². The molecule has 0 saturated heterocycles. The van der Waals surface area contributed by atoms with Crippen molar-refractivity contribution < 1.29 is 5.11 Å². The summed E-state index contributed by atoms with van der Waals surface area (Å²) in [5.41, 5.74) is 2.17. The first-order valence-corrected chi connectivity index (χ1v) is 6.87. The average Bonchev–Trinajstić information content (AvgIpc) is 2.42. The molecule has 1 aromatic heterocycles. The first-order chi connectivity index (χ1) is 9.22. The van der Waals surface area contributed by atoms with Crippen LogP contribution in [0.4, 0.5) is 0 Å². The van der Waals surface area contributed by atoms with Gasteiger partial charge in [-0.1, -0.05) is 30.0 Å². The van der Waals surface area contributed by atoms with Crippen LogP contribution in [-0.2, 0) is 0 Å². The number of phenols is 1. The Balaban J connectivity index is 2.00. The van der Waals surface area contributed by atoms with Gasteiger partial charge in [-0.3, -0.25) is 0 Å². The molecule has 0 unspecified atom stereocenters. The second-order valence-corrected chi connectivity index (χ2v) is 5.46. The summed E-state index contributed by atoms with van der Waals surface area (Å²) in [6.07, 6.45) is 0. The van der Waals surface area contributed by atoms with Gasteiger partial charge in [0, 0.05) is 10.3 Å². The highest BCUT2D eigenvalue weighted by molar-refractivity contribution is 7.99. The third-order valence-corrected chi connectivity index (χ3v) is 4.03. The van der Waals surface area contributed by atoms with Crippen LogP contribution in [0.15, 0.2) is 64.5 Å². The van der Waals surface area contributed by atoms with Gasteiger partial charge in [0.1, 0.15) is 10.8 Å². The number of aryl methyl sites for hydroxylation is 1. The highest BCUT2D eigenvalue weighted by Gasteiger charge is 2.05. The lowest BCUT2D eigenvalue weighted by Crippen LogP contribution is -1.87. The molecule has 0 spiro atoms. The molecule has 1 heterocycles. The Morgan fingerprint density at radius 1 is 1.00 bits per heavy atom. The van der Waals surface area contributed by atoms with Crippen molar-refractivity contribution >= 4 is 22.7 Å². The molecule has 0 aliphatic heterocycles. The molecule has 3 rings (SSSR count). The number of para-hydroxylation sites is 1. The van der Waals surface area contributed by atoms with Gasteiger partial charge in [0.05, 0.1) is 5.52 Å². The Morgan fingerprint density at radius 3 is 2.53 bits per heavy atom. The van der Waals surface area contributed by atoms with Gasteiger partial charge in [0.15, 0.2) is 0 Å². The quantitative estimate of drug-likeness (QED) is 0.747. The molecule has 0 radical (unpaired) electrons. The molecule has 0 aliphatic carbocycles. The Kier molecular flexibility index (Phi) is 3.13. The van der Waals surface area contributed by atoms with Gasteiger partial charge in [0.25, 0.3) is 0 Å². The van der Waals surface area contributed by atoms with Gasteiger partial charge in [-0.05, 0) is 48.9 Å². The SMILES string of the molecule is Cc1cc2ccccc2nc1Sc1ccc(O)cc1. The van der Waals surface area contributed by atoms with Crippen molar-refractivity contribution in [1.29, 1.82) is 0 Å². The maximum absolute atomic E-state index is 9.29. The molecule has 3 heteroatoms. The van der Waals surface area contributed by atoms with Crippen LogP contribution in [0.5, 0.6) is 5.75 Å². The number of fused-ring (bicyclic) bond motifs is 1. The second kappa shape index (κ2) is 4.94. The minimum absolute atomic E-state index is 0.285. The average molecular weight is 267 g/mol. The molecule has 0 aliphatic rings. The zero-order chi connectivity index (χ0) is 13.2. The monoisotopic (exact) mass is 267 g/mol. The molecule has 0 amide bonds. The smallest absolute Gasteiger partial charge is 0.115 e. The fraction of sp³-hybridized carbons (Fsp3) is 0.0625. The fourth-order valence-corrected chi connectivity index (χ4v) is 2.79. The highest BCUT2D eigenvalue weighted by Crippen LogP contribution is 2.31. The number of hydrogen-bond donors (Lipinski definition) is 1. The van der Waals surface area contributed by atoms with Crippen molar-refractivity contribution in [3.05, 3.63) is 60.2 Å². The molecule has 2 nitrogen and oxygen atoms in total. The number of phenolic OH excluding ortho intramolecular Hbond substituents is 1. The summed E-state index contributed by atoms with van der Waals surface area (Å²) < 4.78 is 0. The highest BCUT2D eigenvalue weighted by atomic mass is 32.2. The van der Waals surface area contributed by atoms with Gasteiger partial charge in [-0.25, -0.2) is 4.98 Å². The van der Waals surface area contributed by atoms with E-state index in [1.165, 1.54) is 0 Å². The zero-order valence-corrected chi connectivity index (χ0v) is 11.3. The minimum atomic E-state index is 0.285. The van der Waals surface area contributed by atoms with E-state index in [4.69, 9.17) is 4.98 Å². The van der Waals surface area contributed by atoms with Crippen LogP contribution in [0.3, 0.4) is 0 Å². The third-order valence-electron chi connectivity index (χ3n) is 2.92. The lowest BCUT2D eigenvalue weighted by molar-refractivity contribution is 0.475. The van der Waals surface area contributed by atoms with Crippen LogP contribution in [0.1, 0.15) is 5.56 Å². The number of hydrogen-bond acceptors (Lipinski definition) is 3. The molecule has 3 aromatic rings. The van der Waals surface area contributed by atoms with E-state index in [0.717, 1.165) is 26.4 Å². The van der Waals surface area contributed by atoms with Crippen LogP contribution in [0.2, 0.25) is 0 Å². The maximum Gasteiger partial charge on any atom is 0.115 e. The Labute approximate surface area is 116 Å². The van der Waals surface area contributed by atoms with Gasteiger partial charge >= 0.3 is 0 Å². The molecule has 0 atom stereocenters. The van der Waals surface area contributed by atoms with Crippen LogP contribution in [-0.4, -0.2) is 10.1 Å². The summed E-state index contributed by atoms with van der Waals surface area (Å²) in [6.45, 7) is 2.07. The van der Waals surface area contributed by atoms with Crippen LogP contribution < -0.4 is 0 Å². The lowest BCUT2D eigenvalue weighted by Gasteiger charge is -2.07. The van der Waals surface area contributed by atoms with Crippen molar-refractivity contribution in [2.45, 2.75) is 16.8 Å². The molecular weight excluding hydrogens is 254 g/mol. The van der Waals surface area contributed by atoms with Crippen molar-refractivity contribution in [3.8, 4) is 5.75 Å². The maximum atomic E-state index is 9.29. The van der Waals surface area contributed by atoms with E-state index in [1.807, 2.05) is 30.3 Å². The van der Waals surface area contributed by atoms with Crippen LogP contribution in [0, 0.1) is 6.92 Å². The topological polar surface area (TPSA) is 33.1 Å². The summed E-state index contributed by atoms with van der Waals surface area (Å²) in [5, 5.41) is 11.5. The van der Waals surface area contributed by atoms with Gasteiger partial charge < -0.3 is 5.11 Å². The Hall–Kier alpha value is -2.00. The number of pyridine rings is 1. The number of aromatic hydroxyl groups is 1. The van der Waals surface area contributed by atoms with Gasteiger partial charge in [-0.2, -0.15) is 0 Å². The predicted molar refractivity (Wildman–Crippen MR) is 78.7 cm³/mol. The number of benzene rings is 2. The third kappa shape index (κ3) is 2.56. The summed E-state index contributed by atoms with van der Waals surface area (Å²) in [7, 11) is 0. The molecule has 19 heavy (non-hydrogen) atoms. The Morgan fingerprint density at radius 2 is 1.74 bits per heavy atom. The van der Waals surface area contributed by atoms with E-state index in [9.17, 15) is 5.11 Å². The molecule has 0 fully saturated rings. The molecule has 94 valence electrons. The molecule has 0 bridgehead atoms. The van der Waals surface area contributed by atoms with Crippen molar-refractivity contribution in [3.63, 3.8) is 0 Å². The summed E-state index contributed by atoms with van der Waals surface area (Å²) in [6, 6.07) is 17.5. The number of nitrogens with zero attached hydrogens (tertiary/aromatic N) is 1. The van der Waals surface area contributed by atoms with Crippen molar-refractivity contribution in [1.82, 2.24) is 4.98 Å². The molecule has 2 aromatic carbocycles. The first-order valence-electron chi connectivity index (χ1n) is 6.06. The standard InChI is InChI=1S/C16H13NOS/c1-11-10-12-4-2-3-5-15(12)17-16(11)19-14-8-6-13(18)7-9-14/h2-10,18H,1H3. The number of aromatic nitrogens is 1. The minimum Gasteiger partial charge on any atom is -0.508 e. The summed E-state index contributed by atoms with van der Waals surface area (Å²) >= 11 is 1.62. The largest absolute Gasteiger partial charge is 0.508 e. The van der Waals surface area contributed by atoms with Crippen LogP contribution in [0.25, 0.3) is 10.9 Å². The van der Waals surface area contributed by atoms with E-state index in [-0.39, 0.29) is 5.75 Å². The molecular formula is C16H13NOS. The van der Waals surface area contributed by atoms with E-state index >= 15 is 0 Å². The van der Waals surface area contributed by atoms with Crippen molar-refractivity contribution in [2.75, 3.05) is 0 Å². The normalized spacial score (nSPS) is 10.8. The van der Waals surface area contributed by atoms with E-state index in [2.05, 4.69) is 19.1 Å². The zero-order valence-electron chi connectivity index (χ0n) is 10.5. The van der Waals surface area contributed by atoms with E-state index in [1.54, 1.807) is 23.9 Å². The van der Waals surface area contributed by atoms with Crippen molar-refractivity contribution in [2.24, 2.45) is 0 Å². The molecule has 1 N–H and O–H groups in total. The summed E-state index contributed by atoms with van der Waals surface area (Å²) in [5.74, 6) is 0.285. The van der Waals surface area contributed by atoms with Gasteiger partial charge in [0.2, 0.25) is 0 Å². The number of rotatable bonds is 2. The Bertz CT molecular complexity index is 722. The van der Waals surface area contributed by atoms with E-state index < -0.39 is 0 Å². The summed E-state index contributed by atoms with van der Waals surface area (Å²) in [4.78, 5) is 5.77.